The Morgan fingerprint density at radius 3 is 2.52 bits per heavy atom. The number of aromatic nitrogens is 4. The van der Waals surface area contributed by atoms with Crippen LogP contribution in [-0.2, 0) is 10.0 Å². The molecule has 2 heterocycles. The molecular formula is C15H19ClN6O2S. The van der Waals surface area contributed by atoms with E-state index in [1.807, 2.05) is 37.9 Å². The first-order valence-electron chi connectivity index (χ1n) is 7.57. The number of aromatic amines is 1. The summed E-state index contributed by atoms with van der Waals surface area (Å²) >= 11 is 6.20. The van der Waals surface area contributed by atoms with Crippen molar-refractivity contribution < 1.29 is 8.42 Å². The molecule has 1 atom stereocenters. The molecular weight excluding hydrogens is 364 g/mol. The van der Waals surface area contributed by atoms with Gasteiger partial charge in [-0.25, -0.2) is 12.9 Å². The highest BCUT2D eigenvalue weighted by Crippen LogP contribution is 2.28. The average molecular weight is 383 g/mol. The van der Waals surface area contributed by atoms with E-state index in [9.17, 15) is 8.42 Å². The van der Waals surface area contributed by atoms with E-state index in [4.69, 9.17) is 11.6 Å². The fourth-order valence-corrected chi connectivity index (χ4v) is 3.31. The molecule has 0 saturated carbocycles. The number of sulfonamides is 1. The standard InChI is InChI=1S/C15H19ClN6O2S/c1-9-13(16)15-18-17-14(22(15)19-9)10(2)21(3)12-7-5-11(6-8-12)20-25(4,23)24/h5-8,10,19-20H,1-4H3. The van der Waals surface area contributed by atoms with Gasteiger partial charge in [0.2, 0.25) is 10.0 Å². The minimum Gasteiger partial charge on any atom is -0.365 e. The number of fused-ring (bicyclic) bond motifs is 1. The number of nitrogens with zero attached hydrogens (tertiary/aromatic N) is 4. The first kappa shape index (κ1) is 17.6. The van der Waals surface area contributed by atoms with Crippen LogP contribution >= 0.6 is 11.6 Å². The van der Waals surface area contributed by atoms with E-state index in [0.717, 1.165) is 23.5 Å². The summed E-state index contributed by atoms with van der Waals surface area (Å²) < 4.78 is 26.8. The van der Waals surface area contributed by atoms with Gasteiger partial charge in [-0.15, -0.1) is 10.2 Å². The van der Waals surface area contributed by atoms with Gasteiger partial charge in [0, 0.05) is 18.4 Å². The van der Waals surface area contributed by atoms with E-state index in [0.29, 0.717) is 16.4 Å². The first-order valence-corrected chi connectivity index (χ1v) is 9.84. The van der Waals surface area contributed by atoms with Crippen molar-refractivity contribution in [2.45, 2.75) is 19.9 Å². The summed E-state index contributed by atoms with van der Waals surface area (Å²) in [4.78, 5) is 2.02. The minimum absolute atomic E-state index is 0.0853. The molecule has 10 heteroatoms. The average Bonchev–Trinajstić information content (AvgIpc) is 3.06. The first-order chi connectivity index (χ1) is 11.7. The highest BCUT2D eigenvalue weighted by molar-refractivity contribution is 7.92. The number of aryl methyl sites for hydroxylation is 1. The van der Waals surface area contributed by atoms with Crippen LogP contribution in [0, 0.1) is 6.92 Å². The molecule has 25 heavy (non-hydrogen) atoms. The molecule has 1 aromatic carbocycles. The van der Waals surface area contributed by atoms with Gasteiger partial charge < -0.3 is 4.90 Å². The maximum atomic E-state index is 11.3. The zero-order valence-corrected chi connectivity index (χ0v) is 15.9. The van der Waals surface area contributed by atoms with Gasteiger partial charge in [-0.1, -0.05) is 11.6 Å². The molecule has 0 fully saturated rings. The minimum atomic E-state index is -3.29. The Bertz CT molecular complexity index is 1010. The lowest BCUT2D eigenvalue weighted by Crippen LogP contribution is -2.23. The number of hydrogen-bond acceptors (Lipinski definition) is 5. The van der Waals surface area contributed by atoms with Crippen molar-refractivity contribution in [2.24, 2.45) is 0 Å². The smallest absolute Gasteiger partial charge is 0.229 e. The van der Waals surface area contributed by atoms with Gasteiger partial charge in [-0.05, 0) is 38.1 Å². The molecule has 0 radical (unpaired) electrons. The molecule has 0 aliphatic rings. The Morgan fingerprint density at radius 1 is 1.28 bits per heavy atom. The monoisotopic (exact) mass is 382 g/mol. The molecule has 2 aromatic heterocycles. The van der Waals surface area contributed by atoms with E-state index in [1.54, 1.807) is 16.6 Å². The number of H-pyrrole nitrogens is 1. The molecule has 1 unspecified atom stereocenters. The molecule has 2 N–H and O–H groups in total. The number of halogens is 1. The van der Waals surface area contributed by atoms with E-state index in [1.165, 1.54) is 0 Å². The van der Waals surface area contributed by atoms with Gasteiger partial charge in [-0.2, -0.15) is 0 Å². The number of rotatable bonds is 5. The Hall–Kier alpha value is -2.26. The second-order valence-electron chi connectivity index (χ2n) is 5.98. The van der Waals surface area contributed by atoms with Crippen molar-refractivity contribution in [3.63, 3.8) is 0 Å². The van der Waals surface area contributed by atoms with Crippen molar-refractivity contribution in [1.82, 2.24) is 19.8 Å². The SMILES string of the molecule is Cc1[nH]n2c(C(C)N(C)c3ccc(NS(C)(=O)=O)cc3)nnc2c1Cl. The molecule has 0 bridgehead atoms. The van der Waals surface area contributed by atoms with Crippen LogP contribution < -0.4 is 9.62 Å². The Kier molecular flexibility index (Phi) is 4.38. The van der Waals surface area contributed by atoms with Crippen molar-refractivity contribution in [2.75, 3.05) is 22.9 Å². The van der Waals surface area contributed by atoms with Crippen LogP contribution in [0.5, 0.6) is 0 Å². The summed E-state index contributed by atoms with van der Waals surface area (Å²) in [5, 5.41) is 12.1. The predicted molar refractivity (Wildman–Crippen MR) is 98.8 cm³/mol. The Labute approximate surface area is 150 Å². The van der Waals surface area contributed by atoms with Crippen LogP contribution in [0.4, 0.5) is 11.4 Å². The summed E-state index contributed by atoms with van der Waals surface area (Å²) in [6.45, 7) is 3.88. The summed E-state index contributed by atoms with van der Waals surface area (Å²) in [6.07, 6.45) is 1.12. The van der Waals surface area contributed by atoms with Crippen LogP contribution in [0.1, 0.15) is 24.5 Å². The maximum Gasteiger partial charge on any atom is 0.229 e. The van der Waals surface area contributed by atoms with Gasteiger partial charge >= 0.3 is 0 Å². The third-order valence-corrected chi connectivity index (χ3v) is 5.08. The maximum absolute atomic E-state index is 11.3. The number of anilines is 2. The van der Waals surface area contributed by atoms with Gasteiger partial charge in [0.05, 0.1) is 18.0 Å². The summed E-state index contributed by atoms with van der Waals surface area (Å²) in [5.41, 5.74) is 2.86. The molecule has 3 aromatic rings. The lowest BCUT2D eigenvalue weighted by Gasteiger charge is -2.25. The molecule has 134 valence electrons. The third kappa shape index (κ3) is 3.42. The largest absolute Gasteiger partial charge is 0.365 e. The molecule has 0 aliphatic carbocycles. The normalized spacial score (nSPS) is 13.2. The molecule has 0 aliphatic heterocycles. The van der Waals surface area contributed by atoms with Gasteiger partial charge in [-0.3, -0.25) is 9.82 Å². The van der Waals surface area contributed by atoms with Gasteiger partial charge in [0.25, 0.3) is 0 Å². The van der Waals surface area contributed by atoms with Crippen LogP contribution in [0.15, 0.2) is 24.3 Å². The van der Waals surface area contributed by atoms with Crippen molar-refractivity contribution in [1.29, 1.82) is 0 Å². The second-order valence-corrected chi connectivity index (χ2v) is 8.10. The zero-order chi connectivity index (χ0) is 18.4. The summed E-state index contributed by atoms with van der Waals surface area (Å²) in [6, 6.07) is 7.03. The molecule has 0 amide bonds. The molecule has 3 rings (SSSR count). The van der Waals surface area contributed by atoms with E-state index in [-0.39, 0.29) is 6.04 Å². The van der Waals surface area contributed by atoms with Crippen LogP contribution in [0.2, 0.25) is 5.02 Å². The van der Waals surface area contributed by atoms with Gasteiger partial charge in [0.15, 0.2) is 11.5 Å². The molecule has 8 nitrogen and oxygen atoms in total. The topological polar surface area (TPSA) is 95.4 Å². The molecule has 0 saturated heterocycles. The second kappa shape index (κ2) is 6.23. The predicted octanol–water partition coefficient (Wildman–Crippen LogP) is 2.59. The van der Waals surface area contributed by atoms with Crippen LogP contribution in [0.3, 0.4) is 0 Å². The highest BCUT2D eigenvalue weighted by Gasteiger charge is 2.21. The number of hydrogen-bond donors (Lipinski definition) is 2. The van der Waals surface area contributed by atoms with Crippen molar-refractivity contribution in [3.05, 3.63) is 40.8 Å². The van der Waals surface area contributed by atoms with Crippen molar-refractivity contribution in [3.8, 4) is 0 Å². The third-order valence-electron chi connectivity index (χ3n) is 4.03. The van der Waals surface area contributed by atoms with E-state index >= 15 is 0 Å². The van der Waals surface area contributed by atoms with E-state index < -0.39 is 10.0 Å². The quantitative estimate of drug-likeness (QED) is 0.707. The van der Waals surface area contributed by atoms with Gasteiger partial charge in [0.1, 0.15) is 5.02 Å². The van der Waals surface area contributed by atoms with Crippen LogP contribution in [0.25, 0.3) is 5.65 Å². The van der Waals surface area contributed by atoms with E-state index in [2.05, 4.69) is 20.0 Å². The summed E-state index contributed by atoms with van der Waals surface area (Å²) in [5.74, 6) is 0.728. The lowest BCUT2D eigenvalue weighted by molar-refractivity contribution is 0.607. The summed E-state index contributed by atoms with van der Waals surface area (Å²) in [7, 11) is -1.36. The van der Waals surface area contributed by atoms with Crippen LogP contribution in [-0.4, -0.2) is 41.5 Å². The lowest BCUT2D eigenvalue weighted by atomic mass is 10.2. The fourth-order valence-electron chi connectivity index (χ4n) is 2.58. The number of benzene rings is 1. The Balaban J connectivity index is 1.86. The number of nitrogens with one attached hydrogen (secondary N) is 2. The molecule has 0 spiro atoms. The highest BCUT2D eigenvalue weighted by atomic mass is 35.5. The van der Waals surface area contributed by atoms with Crippen molar-refractivity contribution >= 4 is 38.6 Å². The zero-order valence-electron chi connectivity index (χ0n) is 14.3. The fraction of sp³-hybridized carbons (Fsp3) is 0.333. The Morgan fingerprint density at radius 2 is 1.92 bits per heavy atom.